The second kappa shape index (κ2) is 4.56. The molecule has 15 heavy (non-hydrogen) atoms. The van der Waals surface area contributed by atoms with Gasteiger partial charge in [0.1, 0.15) is 5.78 Å². The van der Waals surface area contributed by atoms with E-state index in [1.807, 2.05) is 12.3 Å². The van der Waals surface area contributed by atoms with Crippen molar-refractivity contribution in [2.45, 2.75) is 44.9 Å². The molecule has 2 nitrogen and oxygen atoms in total. The second-order valence-electron chi connectivity index (χ2n) is 4.38. The number of carbonyl (C=O) groups is 1. The molecule has 0 aromatic carbocycles. The molecular formula is C13H17NO. The SMILES string of the molecule is CC(=O)CCC1CCCc2cccnc21. The van der Waals surface area contributed by atoms with Gasteiger partial charge in [0.2, 0.25) is 0 Å². The summed E-state index contributed by atoms with van der Waals surface area (Å²) in [6.45, 7) is 1.67. The molecule has 0 fully saturated rings. The molecule has 2 rings (SSSR count). The number of nitrogens with zero attached hydrogens (tertiary/aromatic N) is 1. The van der Waals surface area contributed by atoms with Gasteiger partial charge < -0.3 is 4.79 Å². The van der Waals surface area contributed by atoms with E-state index < -0.39 is 0 Å². The van der Waals surface area contributed by atoms with E-state index in [9.17, 15) is 4.79 Å². The quantitative estimate of drug-likeness (QED) is 0.756. The lowest BCUT2D eigenvalue weighted by molar-refractivity contribution is -0.117. The Morgan fingerprint density at radius 2 is 2.47 bits per heavy atom. The summed E-state index contributed by atoms with van der Waals surface area (Å²) in [4.78, 5) is 15.4. The average Bonchev–Trinajstić information content (AvgIpc) is 2.26. The van der Waals surface area contributed by atoms with Crippen molar-refractivity contribution >= 4 is 5.78 Å². The molecule has 0 radical (unpaired) electrons. The number of ketones is 1. The number of rotatable bonds is 3. The number of carbonyl (C=O) groups excluding carboxylic acids is 1. The van der Waals surface area contributed by atoms with Gasteiger partial charge in [0, 0.05) is 24.2 Å². The number of aryl methyl sites for hydroxylation is 1. The van der Waals surface area contributed by atoms with E-state index in [0.29, 0.717) is 12.3 Å². The van der Waals surface area contributed by atoms with Crippen molar-refractivity contribution in [1.82, 2.24) is 4.98 Å². The summed E-state index contributed by atoms with van der Waals surface area (Å²) in [5.74, 6) is 0.803. The highest BCUT2D eigenvalue weighted by Crippen LogP contribution is 2.32. The van der Waals surface area contributed by atoms with Crippen LogP contribution >= 0.6 is 0 Å². The van der Waals surface area contributed by atoms with Crippen molar-refractivity contribution in [2.75, 3.05) is 0 Å². The van der Waals surface area contributed by atoms with Crippen molar-refractivity contribution in [3.05, 3.63) is 29.6 Å². The van der Waals surface area contributed by atoms with Gasteiger partial charge in [0.15, 0.2) is 0 Å². The summed E-state index contributed by atoms with van der Waals surface area (Å²) in [7, 11) is 0. The van der Waals surface area contributed by atoms with E-state index in [2.05, 4.69) is 11.1 Å². The first-order chi connectivity index (χ1) is 7.27. The lowest BCUT2D eigenvalue weighted by Crippen LogP contribution is -2.12. The minimum Gasteiger partial charge on any atom is -0.300 e. The summed E-state index contributed by atoms with van der Waals surface area (Å²) in [6.07, 6.45) is 7.11. The predicted molar refractivity (Wildman–Crippen MR) is 59.8 cm³/mol. The van der Waals surface area contributed by atoms with Crippen LogP contribution in [0.1, 0.15) is 49.8 Å². The highest BCUT2D eigenvalue weighted by atomic mass is 16.1. The molecule has 1 aliphatic carbocycles. The number of aromatic nitrogens is 1. The zero-order valence-corrected chi connectivity index (χ0v) is 9.20. The molecule has 0 spiro atoms. The number of hydrogen-bond donors (Lipinski definition) is 0. The van der Waals surface area contributed by atoms with E-state index in [1.54, 1.807) is 6.92 Å². The van der Waals surface area contributed by atoms with Gasteiger partial charge in [-0.2, -0.15) is 0 Å². The first kappa shape index (κ1) is 10.3. The van der Waals surface area contributed by atoms with Gasteiger partial charge in [-0.05, 0) is 44.2 Å². The smallest absolute Gasteiger partial charge is 0.129 e. The Morgan fingerprint density at radius 3 is 3.27 bits per heavy atom. The van der Waals surface area contributed by atoms with Crippen LogP contribution in [0, 0.1) is 0 Å². The van der Waals surface area contributed by atoms with E-state index in [-0.39, 0.29) is 5.78 Å². The predicted octanol–water partition coefficient (Wildman–Crippen LogP) is 2.87. The topological polar surface area (TPSA) is 30.0 Å². The van der Waals surface area contributed by atoms with Gasteiger partial charge >= 0.3 is 0 Å². The van der Waals surface area contributed by atoms with Gasteiger partial charge in [-0.1, -0.05) is 6.07 Å². The lowest BCUT2D eigenvalue weighted by Gasteiger charge is -2.23. The fraction of sp³-hybridized carbons (Fsp3) is 0.538. The van der Waals surface area contributed by atoms with Crippen LogP contribution < -0.4 is 0 Å². The molecule has 1 unspecified atom stereocenters. The Morgan fingerprint density at radius 1 is 1.60 bits per heavy atom. The van der Waals surface area contributed by atoms with Crippen LogP contribution in [0.5, 0.6) is 0 Å². The standard InChI is InChI=1S/C13H17NO/c1-10(15)7-8-12-5-2-4-11-6-3-9-14-13(11)12/h3,6,9,12H,2,4-5,7-8H2,1H3. The minimum absolute atomic E-state index is 0.290. The molecule has 1 atom stereocenters. The monoisotopic (exact) mass is 203 g/mol. The highest BCUT2D eigenvalue weighted by Gasteiger charge is 2.20. The lowest BCUT2D eigenvalue weighted by atomic mass is 9.83. The molecule has 0 N–H and O–H groups in total. The van der Waals surface area contributed by atoms with Crippen LogP contribution in [0.3, 0.4) is 0 Å². The number of pyridine rings is 1. The van der Waals surface area contributed by atoms with Crippen LogP contribution in [0.15, 0.2) is 18.3 Å². The second-order valence-corrected chi connectivity index (χ2v) is 4.38. The van der Waals surface area contributed by atoms with Crippen molar-refractivity contribution in [3.8, 4) is 0 Å². The maximum Gasteiger partial charge on any atom is 0.129 e. The van der Waals surface area contributed by atoms with Crippen LogP contribution in [0.25, 0.3) is 0 Å². The Balaban J connectivity index is 2.11. The Labute approximate surface area is 90.7 Å². The molecule has 1 aliphatic rings. The van der Waals surface area contributed by atoms with Crippen LogP contribution in [-0.2, 0) is 11.2 Å². The first-order valence-corrected chi connectivity index (χ1v) is 5.70. The molecular weight excluding hydrogens is 186 g/mol. The highest BCUT2D eigenvalue weighted by molar-refractivity contribution is 5.75. The molecule has 0 amide bonds. The fourth-order valence-corrected chi connectivity index (χ4v) is 2.36. The van der Waals surface area contributed by atoms with E-state index >= 15 is 0 Å². The maximum absolute atomic E-state index is 11.0. The summed E-state index contributed by atoms with van der Waals surface area (Å²) in [5, 5.41) is 0. The van der Waals surface area contributed by atoms with Crippen molar-refractivity contribution < 1.29 is 4.79 Å². The minimum atomic E-state index is 0.290. The molecule has 1 heterocycles. The van der Waals surface area contributed by atoms with E-state index in [1.165, 1.54) is 24.1 Å². The molecule has 0 saturated heterocycles. The summed E-state index contributed by atoms with van der Waals surface area (Å²) >= 11 is 0. The Kier molecular flexibility index (Phi) is 3.14. The fourth-order valence-electron chi connectivity index (χ4n) is 2.36. The molecule has 2 heteroatoms. The van der Waals surface area contributed by atoms with Gasteiger partial charge in [0.25, 0.3) is 0 Å². The van der Waals surface area contributed by atoms with Gasteiger partial charge in [-0.3, -0.25) is 4.98 Å². The normalized spacial score (nSPS) is 19.7. The van der Waals surface area contributed by atoms with Gasteiger partial charge in [-0.15, -0.1) is 0 Å². The molecule has 1 aromatic rings. The molecule has 80 valence electrons. The van der Waals surface area contributed by atoms with Gasteiger partial charge in [0.05, 0.1) is 0 Å². The van der Waals surface area contributed by atoms with Crippen LogP contribution in [-0.4, -0.2) is 10.8 Å². The van der Waals surface area contributed by atoms with Crippen LogP contribution in [0.2, 0.25) is 0 Å². The number of hydrogen-bond acceptors (Lipinski definition) is 2. The third-order valence-corrected chi connectivity index (χ3v) is 3.16. The van der Waals surface area contributed by atoms with Gasteiger partial charge in [-0.25, -0.2) is 0 Å². The molecule has 0 aliphatic heterocycles. The zero-order valence-electron chi connectivity index (χ0n) is 9.20. The average molecular weight is 203 g/mol. The van der Waals surface area contributed by atoms with Crippen molar-refractivity contribution in [3.63, 3.8) is 0 Å². The first-order valence-electron chi connectivity index (χ1n) is 5.70. The zero-order chi connectivity index (χ0) is 10.7. The van der Waals surface area contributed by atoms with Crippen molar-refractivity contribution in [1.29, 1.82) is 0 Å². The molecule has 0 bridgehead atoms. The number of fused-ring (bicyclic) bond motifs is 1. The van der Waals surface area contributed by atoms with E-state index in [0.717, 1.165) is 12.8 Å². The molecule has 1 aromatic heterocycles. The van der Waals surface area contributed by atoms with E-state index in [4.69, 9.17) is 0 Å². The Bertz CT molecular complexity index is 359. The van der Waals surface area contributed by atoms with Crippen molar-refractivity contribution in [2.24, 2.45) is 0 Å². The Hall–Kier alpha value is -1.18. The largest absolute Gasteiger partial charge is 0.300 e. The summed E-state index contributed by atoms with van der Waals surface area (Å²) in [6, 6.07) is 4.18. The summed E-state index contributed by atoms with van der Waals surface area (Å²) < 4.78 is 0. The molecule has 0 saturated carbocycles. The maximum atomic E-state index is 11.0. The third kappa shape index (κ3) is 2.44. The third-order valence-electron chi connectivity index (χ3n) is 3.16. The summed E-state index contributed by atoms with van der Waals surface area (Å²) in [5.41, 5.74) is 2.63. The number of Topliss-reactive ketones (excluding diaryl/α,β-unsaturated/α-hetero) is 1. The van der Waals surface area contributed by atoms with Crippen LogP contribution in [0.4, 0.5) is 0 Å².